The third-order valence-corrected chi connectivity index (χ3v) is 6.91. The molecule has 2 nitrogen and oxygen atoms in total. The minimum absolute atomic E-state index is 0.960. The highest BCUT2D eigenvalue weighted by molar-refractivity contribution is 6.42. The summed E-state index contributed by atoms with van der Waals surface area (Å²) in [4.78, 5) is 4.76. The van der Waals surface area contributed by atoms with E-state index in [9.17, 15) is 0 Å². The standard InChI is InChI=1S/C29H16N2/c1-2-8-20-19(6-1)16-22-21-9-5-7-17-11-12-18-13-14-23-28(26(18)25(17)21)27(22)29(20)31(23)24-10-3-4-15-30-24/h1-16H. The molecule has 0 unspecified atom stereocenters. The van der Waals surface area contributed by atoms with Crippen molar-refractivity contribution in [1.29, 1.82) is 0 Å². The van der Waals surface area contributed by atoms with Crippen molar-refractivity contribution in [2.45, 2.75) is 0 Å². The molecule has 2 heteroatoms. The van der Waals surface area contributed by atoms with Gasteiger partial charge in [0.1, 0.15) is 5.82 Å². The molecule has 0 spiro atoms. The molecule has 8 aromatic rings. The number of benzene rings is 6. The molecule has 2 aromatic heterocycles. The van der Waals surface area contributed by atoms with Gasteiger partial charge in [-0.2, -0.15) is 0 Å². The number of nitrogens with zero attached hydrogens (tertiary/aromatic N) is 2. The quantitative estimate of drug-likeness (QED) is 0.207. The van der Waals surface area contributed by atoms with Crippen molar-refractivity contribution >= 4 is 64.9 Å². The van der Waals surface area contributed by atoms with E-state index in [1.165, 1.54) is 64.9 Å². The second-order valence-electron chi connectivity index (χ2n) is 8.42. The fraction of sp³-hybridized carbons (Fsp3) is 0. The van der Waals surface area contributed by atoms with Crippen LogP contribution in [0.5, 0.6) is 0 Å². The summed E-state index contributed by atoms with van der Waals surface area (Å²) in [6, 6.07) is 33.0. The van der Waals surface area contributed by atoms with Gasteiger partial charge < -0.3 is 0 Å². The van der Waals surface area contributed by atoms with Crippen molar-refractivity contribution in [3.8, 4) is 5.82 Å². The van der Waals surface area contributed by atoms with Crippen LogP contribution < -0.4 is 0 Å². The first-order valence-corrected chi connectivity index (χ1v) is 10.7. The van der Waals surface area contributed by atoms with Crippen molar-refractivity contribution in [3.05, 3.63) is 97.2 Å². The molecule has 0 aliphatic carbocycles. The molecule has 8 rings (SSSR count). The van der Waals surface area contributed by atoms with Crippen LogP contribution in [0.2, 0.25) is 0 Å². The van der Waals surface area contributed by atoms with E-state index in [0.717, 1.165) is 5.82 Å². The Labute approximate surface area is 177 Å². The summed E-state index contributed by atoms with van der Waals surface area (Å²) in [5, 5.41) is 13.2. The Kier molecular flexibility index (Phi) is 2.67. The number of pyridine rings is 1. The van der Waals surface area contributed by atoms with Gasteiger partial charge in [0, 0.05) is 27.7 Å². The van der Waals surface area contributed by atoms with Gasteiger partial charge in [0.15, 0.2) is 0 Å². The lowest BCUT2D eigenvalue weighted by Gasteiger charge is -2.14. The summed E-state index contributed by atoms with van der Waals surface area (Å²) in [6.07, 6.45) is 1.88. The topological polar surface area (TPSA) is 17.8 Å². The molecular formula is C29H16N2. The van der Waals surface area contributed by atoms with Crippen LogP contribution in [0.3, 0.4) is 0 Å². The summed E-state index contributed by atoms with van der Waals surface area (Å²) in [5.41, 5.74) is 2.47. The molecule has 0 amide bonds. The minimum atomic E-state index is 0.960. The number of hydrogen-bond acceptors (Lipinski definition) is 1. The molecule has 0 fully saturated rings. The Hall–Kier alpha value is -4.17. The molecule has 0 saturated carbocycles. The molecule has 0 aliphatic heterocycles. The molecule has 0 atom stereocenters. The van der Waals surface area contributed by atoms with Gasteiger partial charge in [0.2, 0.25) is 0 Å². The van der Waals surface area contributed by atoms with Crippen molar-refractivity contribution in [1.82, 2.24) is 9.55 Å². The fourth-order valence-electron chi connectivity index (χ4n) is 5.72. The highest BCUT2D eigenvalue weighted by Crippen LogP contribution is 2.48. The Balaban J connectivity index is 1.83. The number of aromatic nitrogens is 2. The van der Waals surface area contributed by atoms with E-state index in [1.807, 2.05) is 12.3 Å². The Bertz CT molecular complexity index is 1930. The van der Waals surface area contributed by atoms with Crippen LogP contribution in [-0.2, 0) is 0 Å². The van der Waals surface area contributed by atoms with Gasteiger partial charge in [0.25, 0.3) is 0 Å². The molecule has 31 heavy (non-hydrogen) atoms. The molecule has 0 radical (unpaired) electrons. The van der Waals surface area contributed by atoms with Gasteiger partial charge in [-0.3, -0.25) is 4.57 Å². The van der Waals surface area contributed by atoms with E-state index in [-0.39, 0.29) is 0 Å². The Morgan fingerprint density at radius 1 is 0.516 bits per heavy atom. The minimum Gasteiger partial charge on any atom is -0.293 e. The molecule has 0 saturated heterocycles. The second kappa shape index (κ2) is 5.30. The maximum absolute atomic E-state index is 4.76. The zero-order valence-electron chi connectivity index (χ0n) is 16.6. The first-order valence-electron chi connectivity index (χ1n) is 10.7. The maximum Gasteiger partial charge on any atom is 0.137 e. The van der Waals surface area contributed by atoms with Gasteiger partial charge in [-0.15, -0.1) is 0 Å². The van der Waals surface area contributed by atoms with Gasteiger partial charge in [-0.1, -0.05) is 66.7 Å². The van der Waals surface area contributed by atoms with E-state index in [0.29, 0.717) is 0 Å². The highest BCUT2D eigenvalue weighted by atomic mass is 15.1. The fourth-order valence-corrected chi connectivity index (χ4v) is 5.72. The zero-order valence-corrected chi connectivity index (χ0v) is 16.6. The predicted octanol–water partition coefficient (Wildman–Crippen LogP) is 7.67. The van der Waals surface area contributed by atoms with E-state index in [2.05, 4.69) is 89.5 Å². The molecule has 0 N–H and O–H groups in total. The average molecular weight is 392 g/mol. The number of rotatable bonds is 1. The van der Waals surface area contributed by atoms with Gasteiger partial charge >= 0.3 is 0 Å². The predicted molar refractivity (Wildman–Crippen MR) is 131 cm³/mol. The lowest BCUT2D eigenvalue weighted by molar-refractivity contribution is 1.08. The molecule has 142 valence electrons. The number of fused-ring (bicyclic) bond motifs is 3. The van der Waals surface area contributed by atoms with Gasteiger partial charge in [-0.05, 0) is 56.6 Å². The summed E-state index contributed by atoms with van der Waals surface area (Å²) in [5.74, 6) is 0.960. The molecule has 0 aliphatic rings. The van der Waals surface area contributed by atoms with E-state index < -0.39 is 0 Å². The number of hydrogen-bond donors (Lipinski definition) is 0. The smallest absolute Gasteiger partial charge is 0.137 e. The molecule has 6 aromatic carbocycles. The average Bonchev–Trinajstić information content (AvgIpc) is 3.19. The van der Waals surface area contributed by atoms with Gasteiger partial charge in [-0.25, -0.2) is 4.98 Å². The largest absolute Gasteiger partial charge is 0.293 e. The Morgan fingerprint density at radius 3 is 2.19 bits per heavy atom. The van der Waals surface area contributed by atoms with Crippen LogP contribution in [0.25, 0.3) is 70.7 Å². The van der Waals surface area contributed by atoms with Crippen molar-refractivity contribution in [3.63, 3.8) is 0 Å². The zero-order chi connectivity index (χ0) is 20.1. The maximum atomic E-state index is 4.76. The van der Waals surface area contributed by atoms with Gasteiger partial charge in [0.05, 0.1) is 11.0 Å². The van der Waals surface area contributed by atoms with Crippen LogP contribution in [-0.4, -0.2) is 9.55 Å². The van der Waals surface area contributed by atoms with Crippen molar-refractivity contribution in [2.24, 2.45) is 0 Å². The van der Waals surface area contributed by atoms with Crippen LogP contribution in [0.1, 0.15) is 0 Å². The van der Waals surface area contributed by atoms with Crippen LogP contribution >= 0.6 is 0 Å². The molecule has 0 bridgehead atoms. The Morgan fingerprint density at radius 2 is 1.29 bits per heavy atom. The third kappa shape index (κ3) is 1.78. The molecule has 2 heterocycles. The second-order valence-corrected chi connectivity index (χ2v) is 8.42. The van der Waals surface area contributed by atoms with E-state index >= 15 is 0 Å². The monoisotopic (exact) mass is 392 g/mol. The van der Waals surface area contributed by atoms with Crippen molar-refractivity contribution in [2.75, 3.05) is 0 Å². The van der Waals surface area contributed by atoms with E-state index in [1.54, 1.807) is 0 Å². The third-order valence-electron chi connectivity index (χ3n) is 6.91. The SMILES string of the molecule is c1ccc(-n2c3ccc4ccc5cccc6c7cc8ccccc8c2c7c3c4c56)nc1. The normalized spacial score (nSPS) is 12.5. The highest BCUT2D eigenvalue weighted by Gasteiger charge is 2.23. The summed E-state index contributed by atoms with van der Waals surface area (Å²) in [6.45, 7) is 0. The summed E-state index contributed by atoms with van der Waals surface area (Å²) < 4.78 is 2.36. The first kappa shape index (κ1) is 15.6. The first-order chi connectivity index (χ1) is 15.4. The lowest BCUT2D eigenvalue weighted by atomic mass is 9.88. The van der Waals surface area contributed by atoms with Crippen LogP contribution in [0.4, 0.5) is 0 Å². The summed E-state index contributed by atoms with van der Waals surface area (Å²) >= 11 is 0. The van der Waals surface area contributed by atoms with E-state index in [4.69, 9.17) is 4.98 Å². The summed E-state index contributed by atoms with van der Waals surface area (Å²) in [7, 11) is 0. The van der Waals surface area contributed by atoms with Crippen LogP contribution in [0, 0.1) is 0 Å². The van der Waals surface area contributed by atoms with Crippen molar-refractivity contribution < 1.29 is 0 Å². The lowest BCUT2D eigenvalue weighted by Crippen LogP contribution is -1.96. The van der Waals surface area contributed by atoms with Crippen LogP contribution in [0.15, 0.2) is 97.2 Å². The molecular weight excluding hydrogens is 376 g/mol.